The molecule has 4 aliphatic heterocycles. The highest BCUT2D eigenvalue weighted by molar-refractivity contribution is 6.74. The van der Waals surface area contributed by atoms with Crippen molar-refractivity contribution in [3.05, 3.63) is 47.5 Å². The first kappa shape index (κ1) is 42.8. The summed E-state index contributed by atoms with van der Waals surface area (Å²) >= 11 is 0. The fourth-order valence-electron chi connectivity index (χ4n) is 7.39. The van der Waals surface area contributed by atoms with Gasteiger partial charge in [0.1, 0.15) is 35.8 Å². The monoisotopic (exact) mass is 824 g/mol. The normalized spacial score (nSPS) is 25.2. The molecule has 0 aliphatic carbocycles. The van der Waals surface area contributed by atoms with E-state index in [2.05, 4.69) is 78.4 Å². The third kappa shape index (κ3) is 8.26. The van der Waals surface area contributed by atoms with E-state index < -0.39 is 53.1 Å². The number of amides is 4. The lowest BCUT2D eigenvalue weighted by Crippen LogP contribution is -2.50. The first-order valence-corrected chi connectivity index (χ1v) is 25.6. The smallest absolute Gasteiger partial charge is 0.256 e. The molecule has 0 saturated carbocycles. The van der Waals surface area contributed by atoms with Gasteiger partial charge in [-0.25, -0.2) is 0 Å². The minimum absolute atomic E-state index is 0.130. The number of benzene rings is 2. The van der Waals surface area contributed by atoms with Gasteiger partial charge < -0.3 is 48.2 Å². The molecule has 0 aromatic heterocycles. The second kappa shape index (κ2) is 15.7. The van der Waals surface area contributed by atoms with Gasteiger partial charge in [0.05, 0.1) is 48.9 Å². The Balaban J connectivity index is 1.21. The van der Waals surface area contributed by atoms with Gasteiger partial charge in [-0.1, -0.05) is 41.5 Å². The van der Waals surface area contributed by atoms with Gasteiger partial charge in [0, 0.05) is 26.3 Å². The van der Waals surface area contributed by atoms with Crippen molar-refractivity contribution in [1.82, 2.24) is 9.80 Å². The van der Waals surface area contributed by atoms with E-state index in [-0.39, 0.29) is 60.0 Å². The third-order valence-electron chi connectivity index (χ3n) is 12.7. The predicted molar refractivity (Wildman–Crippen MR) is 221 cm³/mol. The van der Waals surface area contributed by atoms with Gasteiger partial charge in [-0.3, -0.25) is 19.2 Å². The Bertz CT molecular complexity index is 1760. The molecule has 0 radical (unpaired) electrons. The lowest BCUT2D eigenvalue weighted by molar-refractivity contribution is -0.125. The summed E-state index contributed by atoms with van der Waals surface area (Å²) in [5.41, 5.74) is 1.51. The molecule has 57 heavy (non-hydrogen) atoms. The van der Waals surface area contributed by atoms with Crippen molar-refractivity contribution >= 4 is 51.6 Å². The van der Waals surface area contributed by atoms with Gasteiger partial charge in [-0.15, -0.1) is 0 Å². The van der Waals surface area contributed by atoms with Crippen LogP contribution in [0.25, 0.3) is 0 Å². The van der Waals surface area contributed by atoms with Crippen LogP contribution in [0.4, 0.5) is 11.4 Å². The maximum absolute atomic E-state index is 14.1. The van der Waals surface area contributed by atoms with Gasteiger partial charge >= 0.3 is 0 Å². The van der Waals surface area contributed by atoms with Gasteiger partial charge in [-0.05, 0) is 79.1 Å². The van der Waals surface area contributed by atoms with E-state index in [0.29, 0.717) is 40.4 Å². The zero-order chi connectivity index (χ0) is 41.8. The van der Waals surface area contributed by atoms with Crippen LogP contribution >= 0.6 is 0 Å². The molecular weight excluding hydrogens is 765 g/mol. The van der Waals surface area contributed by atoms with E-state index in [9.17, 15) is 19.2 Å². The van der Waals surface area contributed by atoms with Crippen LogP contribution in [0.3, 0.4) is 0 Å². The van der Waals surface area contributed by atoms with Crippen LogP contribution in [-0.4, -0.2) is 127 Å². The molecule has 4 aliphatic rings. The average molecular weight is 825 g/mol. The van der Waals surface area contributed by atoms with Crippen LogP contribution in [0.5, 0.6) is 11.5 Å². The second-order valence-corrected chi connectivity index (χ2v) is 28.0. The zero-order valence-corrected chi connectivity index (χ0v) is 37.4. The summed E-state index contributed by atoms with van der Waals surface area (Å²) in [6.45, 7) is 22.1. The minimum atomic E-state index is -2.38. The Labute approximate surface area is 338 Å². The molecule has 6 atom stereocenters. The molecule has 2 N–H and O–H groups in total. The number of fused-ring (bicyclic) bond motifs is 4. The standard InChI is InChI=1S/C41H60N4O10Si2/c1-40(2,3)56(9,10)54-30-22-44-32(36(46)42-28-16-14-24(50-7)20-26(28)38(44)48)34(30)52-18-13-19-53-35-31(55-57(11,12)41(4,5)6)23-45-33(35)37(47)43-29-17-15-25(51-8)21-27(29)39(45)49/h14-17,20-21,30-35H,13,18-19,22-23H2,1-12H3,(H,42,46)(H,43,47)/t30-,31?,32+,33?,34?,35?/m1/s1. The van der Waals surface area contributed by atoms with Crippen molar-refractivity contribution < 1.29 is 47.0 Å². The third-order valence-corrected chi connectivity index (χ3v) is 21.7. The van der Waals surface area contributed by atoms with Crippen LogP contribution in [0.15, 0.2) is 36.4 Å². The molecule has 312 valence electrons. The van der Waals surface area contributed by atoms with Gasteiger partial charge in [0.2, 0.25) is 11.8 Å². The van der Waals surface area contributed by atoms with E-state index in [4.69, 9.17) is 27.8 Å². The zero-order valence-electron chi connectivity index (χ0n) is 35.4. The molecule has 2 fully saturated rings. The lowest BCUT2D eigenvalue weighted by atomic mass is 10.1. The highest BCUT2D eigenvalue weighted by Crippen LogP contribution is 2.43. The van der Waals surface area contributed by atoms with Crippen molar-refractivity contribution in [2.45, 2.75) is 121 Å². The van der Waals surface area contributed by atoms with E-state index in [1.807, 2.05) is 0 Å². The number of hydrogen-bond acceptors (Lipinski definition) is 10. The molecule has 2 saturated heterocycles. The molecule has 4 heterocycles. The van der Waals surface area contributed by atoms with E-state index in [1.165, 1.54) is 14.2 Å². The molecule has 14 nitrogen and oxygen atoms in total. The Morgan fingerprint density at radius 2 is 1.00 bits per heavy atom. The number of nitrogens with one attached hydrogen (secondary N) is 2. The largest absolute Gasteiger partial charge is 0.497 e. The number of nitrogens with zero attached hydrogens (tertiary/aromatic N) is 2. The number of methoxy groups -OCH3 is 2. The summed E-state index contributed by atoms with van der Waals surface area (Å²) in [5.74, 6) is -0.299. The first-order valence-electron chi connectivity index (χ1n) is 19.8. The Morgan fingerprint density at radius 1 is 0.632 bits per heavy atom. The van der Waals surface area contributed by atoms with Gasteiger partial charge in [0.25, 0.3) is 11.8 Å². The molecule has 2 aromatic carbocycles. The molecule has 16 heteroatoms. The summed E-state index contributed by atoms with van der Waals surface area (Å²) in [4.78, 5) is 59.1. The van der Waals surface area contributed by atoms with Gasteiger partial charge in [-0.2, -0.15) is 0 Å². The number of hydrogen-bond donors (Lipinski definition) is 2. The summed E-state index contributed by atoms with van der Waals surface area (Å²) < 4.78 is 37.7. The second-order valence-electron chi connectivity index (χ2n) is 18.5. The topological polar surface area (TPSA) is 154 Å². The maximum Gasteiger partial charge on any atom is 0.256 e. The number of ether oxygens (including phenoxy) is 4. The lowest BCUT2D eigenvalue weighted by Gasteiger charge is -2.39. The summed E-state index contributed by atoms with van der Waals surface area (Å²) in [6.07, 6.45) is -2.21. The Hall–Kier alpha value is -3.81. The molecule has 0 spiro atoms. The van der Waals surface area contributed by atoms with E-state index >= 15 is 0 Å². The van der Waals surface area contributed by atoms with Crippen LogP contribution in [-0.2, 0) is 27.9 Å². The predicted octanol–water partition coefficient (Wildman–Crippen LogP) is 5.90. The quantitative estimate of drug-likeness (QED) is 0.196. The van der Waals surface area contributed by atoms with E-state index in [0.717, 1.165) is 0 Å². The molecule has 0 bridgehead atoms. The molecule has 2 aromatic rings. The molecule has 4 amide bonds. The van der Waals surface area contributed by atoms with Crippen molar-refractivity contribution in [2.24, 2.45) is 0 Å². The minimum Gasteiger partial charge on any atom is -0.497 e. The Morgan fingerprint density at radius 3 is 1.33 bits per heavy atom. The first-order chi connectivity index (χ1) is 26.6. The van der Waals surface area contributed by atoms with Crippen LogP contribution in [0, 0.1) is 0 Å². The highest BCUT2D eigenvalue weighted by atomic mass is 28.4. The average Bonchev–Trinajstić information content (AvgIpc) is 3.61. The fourth-order valence-corrected chi connectivity index (χ4v) is 10.0. The van der Waals surface area contributed by atoms with Crippen molar-refractivity contribution in [2.75, 3.05) is 51.2 Å². The number of carbonyl (C=O) groups is 4. The van der Waals surface area contributed by atoms with Crippen molar-refractivity contribution in [1.29, 1.82) is 0 Å². The van der Waals surface area contributed by atoms with Crippen molar-refractivity contribution in [3.63, 3.8) is 0 Å². The number of anilines is 2. The van der Waals surface area contributed by atoms with E-state index in [1.54, 1.807) is 46.2 Å². The molecular formula is C41H60N4O10Si2. The highest BCUT2D eigenvalue weighted by Gasteiger charge is 2.55. The van der Waals surface area contributed by atoms with Crippen molar-refractivity contribution in [3.8, 4) is 11.5 Å². The molecule has 4 unspecified atom stereocenters. The van der Waals surface area contributed by atoms with Crippen LogP contribution < -0.4 is 20.1 Å². The Kier molecular flexibility index (Phi) is 11.8. The summed E-state index contributed by atoms with van der Waals surface area (Å²) in [5, 5.41) is 5.64. The summed E-state index contributed by atoms with van der Waals surface area (Å²) in [7, 11) is -1.69. The molecule has 6 rings (SSSR count). The fraction of sp³-hybridized carbons (Fsp3) is 0.610. The van der Waals surface area contributed by atoms with Gasteiger partial charge in [0.15, 0.2) is 16.6 Å². The maximum atomic E-state index is 14.1. The summed E-state index contributed by atoms with van der Waals surface area (Å²) in [6, 6.07) is 8.17. The van der Waals surface area contributed by atoms with Crippen LogP contribution in [0.1, 0.15) is 68.7 Å². The number of rotatable bonds is 12. The van der Waals surface area contributed by atoms with Crippen LogP contribution in [0.2, 0.25) is 36.3 Å². The number of carbonyl (C=O) groups excluding carboxylic acids is 4. The SMILES string of the molecule is COc1ccc2c(c1)C(=O)N1CC(O[Si](C)(C)C(C)(C)C)C(OCCCOC3[C@H]4C(=O)Nc5ccc(OC)cc5C(=O)N4C[C@H]3O[Si](C)(C)C(C)(C)C)C1C(=O)N2.